The maximum absolute atomic E-state index is 9.03. The molecule has 0 unspecified atom stereocenters. The standard InChI is InChI=1S/C15H20N4S2/c16-11-13-3-1-2-4-14(13)12-21-8-5-18-15(17)19-6-9-20-10-7-19/h1-4H,5-10,12H2,(H2,17,18). The summed E-state index contributed by atoms with van der Waals surface area (Å²) in [6, 6.07) is 9.97. The molecule has 0 bridgehead atoms. The van der Waals surface area contributed by atoms with Crippen molar-refractivity contribution < 1.29 is 0 Å². The van der Waals surface area contributed by atoms with E-state index in [4.69, 9.17) is 11.0 Å². The highest BCUT2D eigenvalue weighted by Crippen LogP contribution is 2.15. The Balaban J connectivity index is 1.71. The zero-order valence-corrected chi connectivity index (χ0v) is 13.6. The second kappa shape index (κ2) is 8.85. The average molecular weight is 320 g/mol. The molecule has 1 fully saturated rings. The molecule has 21 heavy (non-hydrogen) atoms. The van der Waals surface area contributed by atoms with Crippen molar-refractivity contribution in [2.24, 2.45) is 10.7 Å². The molecule has 0 radical (unpaired) electrons. The Kier molecular flexibility index (Phi) is 6.77. The fraction of sp³-hybridized carbons (Fsp3) is 0.467. The molecule has 1 aromatic rings. The topological polar surface area (TPSA) is 65.4 Å². The zero-order chi connectivity index (χ0) is 14.9. The van der Waals surface area contributed by atoms with Gasteiger partial charge in [-0.05, 0) is 11.6 Å². The Morgan fingerprint density at radius 3 is 2.90 bits per heavy atom. The van der Waals surface area contributed by atoms with Gasteiger partial charge in [-0.1, -0.05) is 18.2 Å². The van der Waals surface area contributed by atoms with Crippen molar-refractivity contribution in [1.82, 2.24) is 4.90 Å². The highest BCUT2D eigenvalue weighted by molar-refractivity contribution is 7.99. The summed E-state index contributed by atoms with van der Waals surface area (Å²) in [5.74, 6) is 4.71. The molecule has 0 spiro atoms. The van der Waals surface area contributed by atoms with E-state index < -0.39 is 0 Å². The van der Waals surface area contributed by atoms with E-state index in [-0.39, 0.29) is 0 Å². The van der Waals surface area contributed by atoms with E-state index in [1.54, 1.807) is 11.8 Å². The van der Waals surface area contributed by atoms with Gasteiger partial charge in [0.1, 0.15) is 0 Å². The van der Waals surface area contributed by atoms with Gasteiger partial charge in [-0.15, -0.1) is 0 Å². The Hall–Kier alpha value is -1.32. The highest BCUT2D eigenvalue weighted by Gasteiger charge is 2.11. The summed E-state index contributed by atoms with van der Waals surface area (Å²) in [4.78, 5) is 6.61. The molecule has 1 aliphatic rings. The number of hydrogen-bond donors (Lipinski definition) is 1. The Morgan fingerprint density at radius 2 is 2.14 bits per heavy atom. The second-order valence-electron chi connectivity index (χ2n) is 4.66. The summed E-state index contributed by atoms with van der Waals surface area (Å²) in [6.07, 6.45) is 0. The SMILES string of the molecule is N#Cc1ccccc1CSCCN=C(N)N1CCSCC1. The van der Waals surface area contributed by atoms with Crippen LogP contribution in [0.1, 0.15) is 11.1 Å². The van der Waals surface area contributed by atoms with Crippen LogP contribution >= 0.6 is 23.5 Å². The molecule has 1 saturated heterocycles. The predicted octanol–water partition coefficient (Wildman–Crippen LogP) is 2.15. The number of aliphatic imine (C=N–C) groups is 1. The summed E-state index contributed by atoms with van der Waals surface area (Å²) < 4.78 is 0. The molecule has 1 aliphatic heterocycles. The molecule has 4 nitrogen and oxygen atoms in total. The number of benzene rings is 1. The molecular weight excluding hydrogens is 300 g/mol. The Morgan fingerprint density at radius 1 is 1.38 bits per heavy atom. The fourth-order valence-corrected chi connectivity index (χ4v) is 3.79. The van der Waals surface area contributed by atoms with E-state index in [9.17, 15) is 0 Å². The molecule has 2 rings (SSSR count). The van der Waals surface area contributed by atoms with Crippen molar-refractivity contribution in [2.45, 2.75) is 5.75 Å². The van der Waals surface area contributed by atoms with Crippen LogP contribution in [-0.4, -0.2) is 47.8 Å². The largest absolute Gasteiger partial charge is 0.370 e. The zero-order valence-electron chi connectivity index (χ0n) is 12.0. The van der Waals surface area contributed by atoms with Gasteiger partial charge in [0.15, 0.2) is 5.96 Å². The van der Waals surface area contributed by atoms with Crippen LogP contribution in [0.15, 0.2) is 29.3 Å². The molecule has 0 aromatic heterocycles. The summed E-state index contributed by atoms with van der Waals surface area (Å²) in [7, 11) is 0. The van der Waals surface area contributed by atoms with Crippen molar-refractivity contribution >= 4 is 29.5 Å². The molecule has 0 atom stereocenters. The molecule has 6 heteroatoms. The maximum atomic E-state index is 9.03. The summed E-state index contributed by atoms with van der Waals surface area (Å²) in [5.41, 5.74) is 7.86. The number of thioether (sulfide) groups is 2. The number of hydrogen-bond acceptors (Lipinski definition) is 4. The molecule has 0 saturated carbocycles. The van der Waals surface area contributed by atoms with Crippen molar-refractivity contribution in [3.63, 3.8) is 0 Å². The lowest BCUT2D eigenvalue weighted by atomic mass is 10.1. The predicted molar refractivity (Wildman–Crippen MR) is 92.7 cm³/mol. The van der Waals surface area contributed by atoms with E-state index in [2.05, 4.69) is 16.0 Å². The first-order valence-electron chi connectivity index (χ1n) is 6.99. The monoisotopic (exact) mass is 320 g/mol. The van der Waals surface area contributed by atoms with E-state index in [0.29, 0.717) is 5.96 Å². The van der Waals surface area contributed by atoms with Gasteiger partial charge >= 0.3 is 0 Å². The third-order valence-electron chi connectivity index (χ3n) is 3.24. The summed E-state index contributed by atoms with van der Waals surface area (Å²) in [6.45, 7) is 2.74. The van der Waals surface area contributed by atoms with Crippen molar-refractivity contribution in [3.8, 4) is 6.07 Å². The molecule has 1 heterocycles. The smallest absolute Gasteiger partial charge is 0.191 e. The van der Waals surface area contributed by atoms with Crippen LogP contribution in [0.4, 0.5) is 0 Å². The van der Waals surface area contributed by atoms with E-state index in [1.807, 2.05) is 36.0 Å². The first-order valence-corrected chi connectivity index (χ1v) is 9.30. The summed E-state index contributed by atoms with van der Waals surface area (Å²) >= 11 is 3.75. The lowest BCUT2D eigenvalue weighted by Gasteiger charge is -2.27. The molecule has 2 N–H and O–H groups in total. The minimum Gasteiger partial charge on any atom is -0.370 e. The third kappa shape index (κ3) is 5.18. The molecule has 1 aromatic carbocycles. The van der Waals surface area contributed by atoms with E-state index in [1.165, 1.54) is 0 Å². The Labute approximate surface area is 134 Å². The molecule has 0 aliphatic carbocycles. The summed E-state index contributed by atoms with van der Waals surface area (Å²) in [5, 5.41) is 9.03. The third-order valence-corrected chi connectivity index (χ3v) is 5.17. The molecule has 0 amide bonds. The number of guanidine groups is 1. The number of nitrogens with zero attached hydrogens (tertiary/aromatic N) is 3. The van der Waals surface area contributed by atoms with Crippen LogP contribution in [0.5, 0.6) is 0 Å². The lowest BCUT2D eigenvalue weighted by molar-refractivity contribution is 0.456. The van der Waals surface area contributed by atoms with Crippen molar-refractivity contribution in [1.29, 1.82) is 5.26 Å². The minimum atomic E-state index is 0.674. The first kappa shape index (κ1) is 16.1. The second-order valence-corrected chi connectivity index (χ2v) is 6.99. The van der Waals surface area contributed by atoms with Crippen LogP contribution in [0.2, 0.25) is 0 Å². The van der Waals surface area contributed by atoms with Gasteiger partial charge < -0.3 is 10.6 Å². The minimum absolute atomic E-state index is 0.674. The van der Waals surface area contributed by atoms with Crippen molar-refractivity contribution in [3.05, 3.63) is 35.4 Å². The van der Waals surface area contributed by atoms with Gasteiger partial charge in [0, 0.05) is 36.1 Å². The van der Waals surface area contributed by atoms with Crippen LogP contribution in [0.3, 0.4) is 0 Å². The van der Waals surface area contributed by atoms with Crippen LogP contribution in [0, 0.1) is 11.3 Å². The number of rotatable bonds is 5. The molecular formula is C15H20N4S2. The van der Waals surface area contributed by atoms with E-state index in [0.717, 1.165) is 53.8 Å². The van der Waals surface area contributed by atoms with Crippen molar-refractivity contribution in [2.75, 3.05) is 36.9 Å². The average Bonchev–Trinajstić information content (AvgIpc) is 2.55. The van der Waals surface area contributed by atoms with Gasteiger partial charge in [0.2, 0.25) is 0 Å². The highest BCUT2D eigenvalue weighted by atomic mass is 32.2. The van der Waals surface area contributed by atoms with Gasteiger partial charge in [0.25, 0.3) is 0 Å². The maximum Gasteiger partial charge on any atom is 0.191 e. The normalized spacial score (nSPS) is 15.8. The van der Waals surface area contributed by atoms with Crippen LogP contribution in [-0.2, 0) is 5.75 Å². The van der Waals surface area contributed by atoms with Gasteiger partial charge in [-0.25, -0.2) is 0 Å². The lowest BCUT2D eigenvalue weighted by Crippen LogP contribution is -2.42. The van der Waals surface area contributed by atoms with Crippen LogP contribution in [0.25, 0.3) is 0 Å². The van der Waals surface area contributed by atoms with Crippen LogP contribution < -0.4 is 5.73 Å². The van der Waals surface area contributed by atoms with Gasteiger partial charge in [0.05, 0.1) is 18.2 Å². The fourth-order valence-electron chi connectivity index (χ4n) is 2.05. The number of nitrogens with two attached hydrogens (primary N) is 1. The van der Waals surface area contributed by atoms with Gasteiger partial charge in [-0.3, -0.25) is 4.99 Å². The van der Waals surface area contributed by atoms with Gasteiger partial charge in [-0.2, -0.15) is 28.8 Å². The van der Waals surface area contributed by atoms with E-state index >= 15 is 0 Å². The first-order chi connectivity index (χ1) is 10.3. The molecule has 112 valence electrons. The number of nitriles is 1. The quantitative estimate of drug-likeness (QED) is 0.511. The Bertz CT molecular complexity index is 519.